The van der Waals surface area contributed by atoms with Crippen LogP contribution in [0.4, 0.5) is 5.69 Å². The van der Waals surface area contributed by atoms with Crippen molar-refractivity contribution < 1.29 is 29.1 Å². The number of nitro benzene ring substituents is 1. The van der Waals surface area contributed by atoms with Crippen LogP contribution < -0.4 is 4.74 Å². The van der Waals surface area contributed by atoms with Crippen molar-refractivity contribution in [1.29, 1.82) is 0 Å². The molecule has 4 rings (SSSR count). The van der Waals surface area contributed by atoms with E-state index in [1.807, 2.05) is 20.8 Å². The summed E-state index contributed by atoms with van der Waals surface area (Å²) in [6.45, 7) is 10.5. The molecule has 0 bridgehead atoms. The smallest absolute Gasteiger partial charge is 0.295 e. The normalized spacial score (nSPS) is 19.6. The van der Waals surface area contributed by atoms with Gasteiger partial charge in [-0.25, -0.2) is 0 Å². The van der Waals surface area contributed by atoms with Crippen LogP contribution in [0, 0.1) is 23.0 Å². The van der Waals surface area contributed by atoms with Gasteiger partial charge in [0.1, 0.15) is 11.5 Å². The van der Waals surface area contributed by atoms with Gasteiger partial charge >= 0.3 is 0 Å². The molecule has 0 unspecified atom stereocenters. The van der Waals surface area contributed by atoms with Gasteiger partial charge in [-0.15, -0.1) is 0 Å². The molecule has 1 atom stereocenters. The standard InChI is InChI=1S/C29H35N3O7/c1-19(2)18-39-24-10-7-22(17-20(24)3)27(33)25-26(21-5-8-23(9-6-21)32(36)37)31(29(35)28(25)34)12-4-11-30-13-15-38-16-14-30/h5-10,17,19,26,33H,4,11-16,18H2,1-3H3/t26-/m0/s1. The number of rotatable bonds is 10. The summed E-state index contributed by atoms with van der Waals surface area (Å²) in [6, 6.07) is 10.0. The van der Waals surface area contributed by atoms with Gasteiger partial charge in [0, 0.05) is 43.9 Å². The number of amides is 1. The van der Waals surface area contributed by atoms with Crippen LogP contribution in [-0.4, -0.2) is 77.5 Å². The Labute approximate surface area is 228 Å². The predicted molar refractivity (Wildman–Crippen MR) is 145 cm³/mol. The fourth-order valence-electron chi connectivity index (χ4n) is 4.90. The van der Waals surface area contributed by atoms with Crippen molar-refractivity contribution in [2.75, 3.05) is 46.0 Å². The number of likely N-dealkylation sites (tertiary alicyclic amines) is 1. The lowest BCUT2D eigenvalue weighted by Crippen LogP contribution is -2.38. The number of hydrogen-bond acceptors (Lipinski definition) is 8. The van der Waals surface area contributed by atoms with E-state index in [2.05, 4.69) is 4.90 Å². The maximum Gasteiger partial charge on any atom is 0.295 e. The number of carbonyl (C=O) groups excluding carboxylic acids is 2. The van der Waals surface area contributed by atoms with Crippen LogP contribution in [0.5, 0.6) is 5.75 Å². The summed E-state index contributed by atoms with van der Waals surface area (Å²) in [7, 11) is 0. The third-order valence-electron chi connectivity index (χ3n) is 6.96. The minimum atomic E-state index is -0.868. The Morgan fingerprint density at radius 1 is 1.13 bits per heavy atom. The van der Waals surface area contributed by atoms with Crippen molar-refractivity contribution in [3.63, 3.8) is 0 Å². The zero-order valence-corrected chi connectivity index (χ0v) is 22.6. The lowest BCUT2D eigenvalue weighted by molar-refractivity contribution is -0.384. The minimum absolute atomic E-state index is 0.0320. The molecule has 2 saturated heterocycles. The van der Waals surface area contributed by atoms with Crippen molar-refractivity contribution in [1.82, 2.24) is 9.80 Å². The van der Waals surface area contributed by atoms with E-state index in [0.717, 1.165) is 25.2 Å². The predicted octanol–water partition coefficient (Wildman–Crippen LogP) is 4.08. The van der Waals surface area contributed by atoms with E-state index in [4.69, 9.17) is 9.47 Å². The van der Waals surface area contributed by atoms with E-state index in [1.54, 1.807) is 18.2 Å². The van der Waals surface area contributed by atoms with Gasteiger partial charge in [-0.1, -0.05) is 13.8 Å². The Hall–Kier alpha value is -3.76. The highest BCUT2D eigenvalue weighted by atomic mass is 16.6. The van der Waals surface area contributed by atoms with Crippen molar-refractivity contribution in [2.45, 2.75) is 33.2 Å². The Bertz CT molecular complexity index is 1250. The van der Waals surface area contributed by atoms with Crippen molar-refractivity contribution >= 4 is 23.1 Å². The van der Waals surface area contributed by atoms with Gasteiger partial charge in [-0.3, -0.25) is 24.6 Å². The molecule has 0 aromatic heterocycles. The molecule has 2 aromatic rings. The quantitative estimate of drug-likeness (QED) is 0.158. The van der Waals surface area contributed by atoms with E-state index in [9.17, 15) is 24.8 Å². The lowest BCUT2D eigenvalue weighted by atomic mass is 9.94. The molecule has 2 aliphatic rings. The molecule has 0 spiro atoms. The summed E-state index contributed by atoms with van der Waals surface area (Å²) in [4.78, 5) is 41.0. The molecule has 2 heterocycles. The first-order valence-electron chi connectivity index (χ1n) is 13.2. The number of hydrogen-bond donors (Lipinski definition) is 1. The third kappa shape index (κ3) is 6.46. The van der Waals surface area contributed by atoms with E-state index in [-0.39, 0.29) is 17.0 Å². The van der Waals surface area contributed by atoms with E-state index in [1.165, 1.54) is 29.2 Å². The van der Waals surface area contributed by atoms with E-state index in [0.29, 0.717) is 55.6 Å². The second-order valence-electron chi connectivity index (χ2n) is 10.3. The summed E-state index contributed by atoms with van der Waals surface area (Å²) in [6.07, 6.45) is 0.623. The average molecular weight is 538 g/mol. The second kappa shape index (κ2) is 12.4. The molecule has 1 N–H and O–H groups in total. The molecule has 39 heavy (non-hydrogen) atoms. The van der Waals surface area contributed by atoms with Crippen molar-refractivity contribution in [2.24, 2.45) is 5.92 Å². The van der Waals surface area contributed by atoms with Gasteiger partial charge in [-0.05, 0) is 60.7 Å². The summed E-state index contributed by atoms with van der Waals surface area (Å²) < 4.78 is 11.2. The topological polar surface area (TPSA) is 122 Å². The number of nitrogens with zero attached hydrogens (tertiary/aromatic N) is 3. The first kappa shape index (κ1) is 28.3. The lowest BCUT2D eigenvalue weighted by Gasteiger charge is -2.29. The molecule has 208 valence electrons. The number of ether oxygens (including phenoxy) is 2. The van der Waals surface area contributed by atoms with Gasteiger partial charge in [0.2, 0.25) is 0 Å². The number of nitro groups is 1. The minimum Gasteiger partial charge on any atom is -0.507 e. The molecule has 10 nitrogen and oxygen atoms in total. The molecular weight excluding hydrogens is 502 g/mol. The van der Waals surface area contributed by atoms with Gasteiger partial charge < -0.3 is 19.5 Å². The number of non-ortho nitro benzene ring substituents is 1. The number of benzene rings is 2. The Morgan fingerprint density at radius 2 is 1.82 bits per heavy atom. The van der Waals surface area contributed by atoms with Gasteiger partial charge in [-0.2, -0.15) is 0 Å². The zero-order valence-electron chi connectivity index (χ0n) is 22.6. The van der Waals surface area contributed by atoms with Crippen LogP contribution in [0.15, 0.2) is 48.0 Å². The molecule has 2 aliphatic heterocycles. The number of morpholine rings is 1. The fraction of sp³-hybridized carbons (Fsp3) is 0.448. The Kier molecular flexibility index (Phi) is 8.98. The van der Waals surface area contributed by atoms with Crippen LogP contribution in [0.3, 0.4) is 0 Å². The second-order valence-corrected chi connectivity index (χ2v) is 10.3. The summed E-state index contributed by atoms with van der Waals surface area (Å²) >= 11 is 0. The number of aliphatic hydroxyl groups excluding tert-OH is 1. The molecular formula is C29H35N3O7. The van der Waals surface area contributed by atoms with Crippen LogP contribution in [-0.2, 0) is 14.3 Å². The van der Waals surface area contributed by atoms with Gasteiger partial charge in [0.25, 0.3) is 17.4 Å². The van der Waals surface area contributed by atoms with Crippen LogP contribution in [0.2, 0.25) is 0 Å². The summed E-state index contributed by atoms with van der Waals surface area (Å²) in [5, 5.41) is 22.6. The molecule has 2 aromatic carbocycles. The molecule has 0 radical (unpaired) electrons. The highest BCUT2D eigenvalue weighted by molar-refractivity contribution is 6.46. The van der Waals surface area contributed by atoms with Crippen molar-refractivity contribution in [3.05, 3.63) is 74.8 Å². The van der Waals surface area contributed by atoms with Gasteiger partial charge in [0.15, 0.2) is 0 Å². The SMILES string of the molecule is Cc1cc(C(O)=C2C(=O)C(=O)N(CCCN3CCOCC3)[C@H]2c2ccc([N+](=O)[O-])cc2)ccc1OCC(C)C. The Balaban J connectivity index is 1.67. The first-order chi connectivity index (χ1) is 18.7. The maximum absolute atomic E-state index is 13.3. The number of aryl methyl sites for hydroxylation is 1. The van der Waals surface area contributed by atoms with Crippen molar-refractivity contribution in [3.8, 4) is 5.75 Å². The monoisotopic (exact) mass is 537 g/mol. The highest BCUT2D eigenvalue weighted by Gasteiger charge is 2.46. The van der Waals surface area contributed by atoms with Crippen LogP contribution in [0.25, 0.3) is 5.76 Å². The average Bonchev–Trinajstić information content (AvgIpc) is 3.17. The van der Waals surface area contributed by atoms with E-state index >= 15 is 0 Å². The molecule has 0 saturated carbocycles. The first-order valence-corrected chi connectivity index (χ1v) is 13.2. The highest BCUT2D eigenvalue weighted by Crippen LogP contribution is 2.40. The van der Waals surface area contributed by atoms with Crippen LogP contribution >= 0.6 is 0 Å². The largest absolute Gasteiger partial charge is 0.507 e. The molecule has 2 fully saturated rings. The number of carbonyl (C=O) groups is 2. The summed E-state index contributed by atoms with van der Waals surface area (Å²) in [5.74, 6) is -0.740. The van der Waals surface area contributed by atoms with Gasteiger partial charge in [0.05, 0.1) is 36.4 Å². The number of Topliss-reactive ketones (excluding diaryl/α,β-unsaturated/α-hetero) is 1. The third-order valence-corrected chi connectivity index (χ3v) is 6.96. The number of aliphatic hydroxyl groups is 1. The Morgan fingerprint density at radius 3 is 2.44 bits per heavy atom. The summed E-state index contributed by atoms with van der Waals surface area (Å²) in [5.41, 5.74) is 1.56. The zero-order chi connectivity index (χ0) is 28.1. The molecule has 0 aliphatic carbocycles. The maximum atomic E-state index is 13.3. The van der Waals surface area contributed by atoms with Crippen LogP contribution in [0.1, 0.15) is 43.0 Å². The molecule has 1 amide bonds. The fourth-order valence-corrected chi connectivity index (χ4v) is 4.90. The molecule has 10 heteroatoms. The van der Waals surface area contributed by atoms with E-state index < -0.39 is 22.7 Å². The number of ketones is 1.